The number of rotatable bonds is 5. The van der Waals surface area contributed by atoms with E-state index in [0.717, 1.165) is 47.5 Å². The molecule has 1 aliphatic heterocycles. The van der Waals surface area contributed by atoms with Gasteiger partial charge in [-0.3, -0.25) is 9.78 Å². The van der Waals surface area contributed by atoms with Gasteiger partial charge in [-0.05, 0) is 74.6 Å². The van der Waals surface area contributed by atoms with Gasteiger partial charge in [0.25, 0.3) is 5.91 Å². The average Bonchev–Trinajstić information content (AvgIpc) is 2.79. The molecule has 1 aliphatic rings. The molecule has 33 heavy (non-hydrogen) atoms. The van der Waals surface area contributed by atoms with Crippen molar-refractivity contribution in [2.45, 2.75) is 39.0 Å². The van der Waals surface area contributed by atoms with E-state index >= 15 is 0 Å². The lowest BCUT2D eigenvalue weighted by Crippen LogP contribution is -2.40. The van der Waals surface area contributed by atoms with E-state index in [2.05, 4.69) is 22.1 Å². The molecule has 0 spiro atoms. The maximum Gasteiger partial charge on any atom is 0.272 e. The minimum Gasteiger partial charge on any atom is -0.347 e. The van der Waals surface area contributed by atoms with Gasteiger partial charge in [0.15, 0.2) is 0 Å². The smallest absolute Gasteiger partial charge is 0.272 e. The summed E-state index contributed by atoms with van der Waals surface area (Å²) >= 11 is 0. The molecule has 4 rings (SSSR count). The first-order valence-corrected chi connectivity index (χ1v) is 11.3. The Morgan fingerprint density at radius 2 is 1.76 bits per heavy atom. The van der Waals surface area contributed by atoms with Crippen LogP contribution in [-0.2, 0) is 6.42 Å². The number of anilines is 1. The van der Waals surface area contributed by atoms with E-state index in [1.165, 1.54) is 12.1 Å². The van der Waals surface area contributed by atoms with Crippen LogP contribution in [0.2, 0.25) is 0 Å². The molecule has 1 aromatic carbocycles. The van der Waals surface area contributed by atoms with E-state index in [-0.39, 0.29) is 17.6 Å². The SMILES string of the molecule is Cc1cc(Cc2ccc(F)cc2)cc([C@@H]2CCCN(C(=O)c3cc(C)nc(N(C)C)n3)C2)n1. The molecule has 7 heteroatoms. The Kier molecular flexibility index (Phi) is 6.67. The van der Waals surface area contributed by atoms with Crippen LogP contribution >= 0.6 is 0 Å². The molecule has 1 atom stereocenters. The third kappa shape index (κ3) is 5.53. The minimum atomic E-state index is -0.228. The van der Waals surface area contributed by atoms with Crippen molar-refractivity contribution in [3.8, 4) is 0 Å². The number of carbonyl (C=O) groups excluding carboxylic acids is 1. The zero-order valence-electron chi connectivity index (χ0n) is 19.7. The molecule has 1 fully saturated rings. The molecule has 3 aromatic rings. The Hall–Kier alpha value is -3.35. The van der Waals surface area contributed by atoms with Crippen molar-refractivity contribution in [3.05, 3.63) is 82.2 Å². The molecule has 0 radical (unpaired) electrons. The van der Waals surface area contributed by atoms with Gasteiger partial charge in [0, 0.05) is 50.2 Å². The van der Waals surface area contributed by atoms with Gasteiger partial charge < -0.3 is 9.80 Å². The fraction of sp³-hybridized carbons (Fsp3) is 0.385. The number of piperidine rings is 1. The maximum absolute atomic E-state index is 13.3. The van der Waals surface area contributed by atoms with Crippen molar-refractivity contribution >= 4 is 11.9 Å². The van der Waals surface area contributed by atoms with E-state index in [1.54, 1.807) is 6.07 Å². The highest BCUT2D eigenvalue weighted by Crippen LogP contribution is 2.28. The van der Waals surface area contributed by atoms with Crippen molar-refractivity contribution in [1.82, 2.24) is 19.9 Å². The van der Waals surface area contributed by atoms with Crippen molar-refractivity contribution in [3.63, 3.8) is 0 Å². The summed E-state index contributed by atoms with van der Waals surface area (Å²) in [6.45, 7) is 5.20. The Morgan fingerprint density at radius 3 is 2.48 bits per heavy atom. The standard InChI is InChI=1S/C26H30FN5O/c1-17-12-20(14-19-7-9-22(27)10-8-19)15-23(28-17)21-6-5-11-32(16-21)25(33)24-13-18(2)29-26(30-24)31(3)4/h7-10,12-13,15,21H,5-6,11,14,16H2,1-4H3/t21-/m1/s1. The monoisotopic (exact) mass is 447 g/mol. The van der Waals surface area contributed by atoms with Crippen molar-refractivity contribution in [2.24, 2.45) is 0 Å². The number of likely N-dealkylation sites (tertiary alicyclic amines) is 1. The normalized spacial score (nSPS) is 16.0. The van der Waals surface area contributed by atoms with Gasteiger partial charge in [-0.15, -0.1) is 0 Å². The van der Waals surface area contributed by atoms with E-state index in [4.69, 9.17) is 4.98 Å². The average molecular weight is 448 g/mol. The van der Waals surface area contributed by atoms with E-state index in [9.17, 15) is 9.18 Å². The second kappa shape index (κ2) is 9.65. The van der Waals surface area contributed by atoms with E-state index in [1.807, 2.05) is 49.9 Å². The fourth-order valence-electron chi connectivity index (χ4n) is 4.34. The summed E-state index contributed by atoms with van der Waals surface area (Å²) in [7, 11) is 3.74. The van der Waals surface area contributed by atoms with Gasteiger partial charge in [-0.1, -0.05) is 12.1 Å². The third-order valence-electron chi connectivity index (χ3n) is 5.94. The van der Waals surface area contributed by atoms with Gasteiger partial charge in [0.2, 0.25) is 5.95 Å². The summed E-state index contributed by atoms with van der Waals surface area (Å²) in [4.78, 5) is 30.6. The topological polar surface area (TPSA) is 62.2 Å². The first-order chi connectivity index (χ1) is 15.8. The molecule has 1 amide bonds. The van der Waals surface area contributed by atoms with E-state index < -0.39 is 0 Å². The quantitative estimate of drug-likeness (QED) is 0.583. The predicted molar refractivity (Wildman–Crippen MR) is 127 cm³/mol. The summed E-state index contributed by atoms with van der Waals surface area (Å²) in [5.41, 5.74) is 5.38. The van der Waals surface area contributed by atoms with Crippen molar-refractivity contribution < 1.29 is 9.18 Å². The van der Waals surface area contributed by atoms with Crippen LogP contribution in [-0.4, -0.2) is 52.9 Å². The Bertz CT molecular complexity index is 1150. The van der Waals surface area contributed by atoms with Crippen LogP contribution < -0.4 is 4.90 Å². The lowest BCUT2D eigenvalue weighted by atomic mass is 9.92. The molecular weight excluding hydrogens is 417 g/mol. The predicted octanol–water partition coefficient (Wildman–Crippen LogP) is 4.30. The Morgan fingerprint density at radius 1 is 1.03 bits per heavy atom. The molecular formula is C26H30FN5O. The molecule has 172 valence electrons. The van der Waals surface area contributed by atoms with Crippen LogP contribution in [0.3, 0.4) is 0 Å². The second-order valence-electron chi connectivity index (χ2n) is 9.02. The van der Waals surface area contributed by atoms with Gasteiger partial charge >= 0.3 is 0 Å². The zero-order chi connectivity index (χ0) is 23.5. The van der Waals surface area contributed by atoms with Gasteiger partial charge in [-0.25, -0.2) is 14.4 Å². The molecule has 0 aliphatic carbocycles. The van der Waals surface area contributed by atoms with Crippen molar-refractivity contribution in [2.75, 3.05) is 32.1 Å². The Labute approximate surface area is 194 Å². The highest BCUT2D eigenvalue weighted by molar-refractivity contribution is 5.92. The molecule has 0 saturated carbocycles. The molecule has 0 unspecified atom stereocenters. The number of hydrogen-bond acceptors (Lipinski definition) is 5. The highest BCUT2D eigenvalue weighted by atomic mass is 19.1. The Balaban J connectivity index is 1.53. The first-order valence-electron chi connectivity index (χ1n) is 11.3. The number of nitrogens with zero attached hydrogens (tertiary/aromatic N) is 5. The number of hydrogen-bond donors (Lipinski definition) is 0. The van der Waals surface area contributed by atoms with Crippen LogP contribution in [0.1, 0.15) is 57.5 Å². The fourth-order valence-corrected chi connectivity index (χ4v) is 4.34. The molecule has 3 heterocycles. The number of carbonyl (C=O) groups is 1. The number of aromatic nitrogens is 3. The van der Waals surface area contributed by atoms with Crippen LogP contribution in [0.25, 0.3) is 0 Å². The number of benzene rings is 1. The number of amides is 1. The summed E-state index contributed by atoms with van der Waals surface area (Å²) < 4.78 is 13.3. The van der Waals surface area contributed by atoms with Crippen LogP contribution in [0.4, 0.5) is 10.3 Å². The highest BCUT2D eigenvalue weighted by Gasteiger charge is 2.28. The van der Waals surface area contributed by atoms with Gasteiger partial charge in [-0.2, -0.15) is 0 Å². The van der Waals surface area contributed by atoms with Crippen LogP contribution in [0.5, 0.6) is 0 Å². The minimum absolute atomic E-state index is 0.0625. The summed E-state index contributed by atoms with van der Waals surface area (Å²) in [6.07, 6.45) is 2.63. The summed E-state index contributed by atoms with van der Waals surface area (Å²) in [5, 5.41) is 0. The lowest BCUT2D eigenvalue weighted by Gasteiger charge is -2.32. The molecule has 0 bridgehead atoms. The number of halogens is 1. The summed E-state index contributed by atoms with van der Waals surface area (Å²) in [5.74, 6) is 0.421. The van der Waals surface area contributed by atoms with Gasteiger partial charge in [0.05, 0.1) is 0 Å². The maximum atomic E-state index is 13.3. The molecule has 0 N–H and O–H groups in total. The van der Waals surface area contributed by atoms with Crippen molar-refractivity contribution in [1.29, 1.82) is 0 Å². The molecule has 2 aromatic heterocycles. The first kappa shape index (κ1) is 22.8. The van der Waals surface area contributed by atoms with Crippen LogP contribution in [0, 0.1) is 19.7 Å². The second-order valence-corrected chi connectivity index (χ2v) is 9.02. The largest absolute Gasteiger partial charge is 0.347 e. The lowest BCUT2D eigenvalue weighted by molar-refractivity contribution is 0.0699. The van der Waals surface area contributed by atoms with Gasteiger partial charge in [0.1, 0.15) is 11.5 Å². The molecule has 1 saturated heterocycles. The number of pyridine rings is 1. The molecule has 6 nitrogen and oxygen atoms in total. The third-order valence-corrected chi connectivity index (χ3v) is 5.94. The van der Waals surface area contributed by atoms with Crippen LogP contribution in [0.15, 0.2) is 42.5 Å². The zero-order valence-corrected chi connectivity index (χ0v) is 19.7. The van der Waals surface area contributed by atoms with E-state index in [0.29, 0.717) is 24.7 Å². The summed E-state index contributed by atoms with van der Waals surface area (Å²) in [6, 6.07) is 12.6. The number of aryl methyl sites for hydroxylation is 2.